The van der Waals surface area contributed by atoms with Gasteiger partial charge in [0.15, 0.2) is 17.3 Å². The van der Waals surface area contributed by atoms with E-state index in [1.165, 1.54) is 17.9 Å². The van der Waals surface area contributed by atoms with Crippen molar-refractivity contribution in [2.45, 2.75) is 30.6 Å². The van der Waals surface area contributed by atoms with E-state index in [9.17, 15) is 19.8 Å². The van der Waals surface area contributed by atoms with Gasteiger partial charge in [0.05, 0.1) is 12.2 Å². The number of hydrogen-bond acceptors (Lipinski definition) is 8. The predicted molar refractivity (Wildman–Crippen MR) is 74.7 cm³/mol. The Bertz CT molecular complexity index is 658. The van der Waals surface area contributed by atoms with Crippen LogP contribution in [0, 0.1) is 4.77 Å². The van der Waals surface area contributed by atoms with Crippen LogP contribution in [0.15, 0.2) is 11.0 Å². The summed E-state index contributed by atoms with van der Waals surface area (Å²) in [6.45, 7) is -0.493. The molecule has 0 saturated carbocycles. The van der Waals surface area contributed by atoms with Gasteiger partial charge in [0.1, 0.15) is 24.4 Å². The lowest BCUT2D eigenvalue weighted by molar-refractivity contribution is -0.116. The number of nitrogens with zero attached hydrogens (tertiary/aromatic N) is 1. The van der Waals surface area contributed by atoms with Crippen LogP contribution in [0.1, 0.15) is 17.9 Å². The van der Waals surface area contributed by atoms with Gasteiger partial charge in [0.2, 0.25) is 0 Å². The zero-order valence-corrected chi connectivity index (χ0v) is 12.4. The SMILES string of the molecule is COC(C=O)c1cn([C@H]2O[C@@H](CO)C(O)C2O)c(=S)[nH]c1=O. The van der Waals surface area contributed by atoms with Crippen molar-refractivity contribution in [3.8, 4) is 0 Å². The van der Waals surface area contributed by atoms with E-state index in [0.717, 1.165) is 0 Å². The molecule has 9 nitrogen and oxygen atoms in total. The lowest BCUT2D eigenvalue weighted by atomic mass is 10.1. The number of aliphatic hydroxyl groups is 3. The van der Waals surface area contributed by atoms with Crippen molar-refractivity contribution < 1.29 is 29.6 Å². The first-order valence-corrected chi connectivity index (χ1v) is 6.81. The lowest BCUT2D eigenvalue weighted by Gasteiger charge is -2.20. The van der Waals surface area contributed by atoms with Crippen molar-refractivity contribution in [3.63, 3.8) is 0 Å². The van der Waals surface area contributed by atoms with Gasteiger partial charge in [0, 0.05) is 13.3 Å². The Hall–Kier alpha value is -1.43. The Morgan fingerprint density at radius 3 is 2.73 bits per heavy atom. The molecular formula is C12H16N2O7S. The number of hydrogen-bond donors (Lipinski definition) is 4. The monoisotopic (exact) mass is 332 g/mol. The second-order valence-electron chi connectivity index (χ2n) is 4.77. The molecule has 1 saturated heterocycles. The first-order valence-electron chi connectivity index (χ1n) is 6.40. The zero-order chi connectivity index (χ0) is 16.4. The highest BCUT2D eigenvalue weighted by atomic mass is 32.1. The molecule has 122 valence electrons. The number of aromatic nitrogens is 2. The van der Waals surface area contributed by atoms with Crippen molar-refractivity contribution >= 4 is 18.5 Å². The second kappa shape index (κ2) is 6.77. The average Bonchev–Trinajstić information content (AvgIpc) is 2.78. The molecule has 1 aromatic rings. The summed E-state index contributed by atoms with van der Waals surface area (Å²) in [5.74, 6) is 0. The van der Waals surface area contributed by atoms with E-state index in [4.69, 9.17) is 26.8 Å². The van der Waals surface area contributed by atoms with Gasteiger partial charge >= 0.3 is 0 Å². The van der Waals surface area contributed by atoms with Crippen LogP contribution in [0.25, 0.3) is 0 Å². The molecule has 1 aromatic heterocycles. The molecule has 0 aliphatic carbocycles. The Morgan fingerprint density at radius 2 is 2.23 bits per heavy atom. The second-order valence-corrected chi connectivity index (χ2v) is 5.16. The van der Waals surface area contributed by atoms with Crippen LogP contribution in [0.5, 0.6) is 0 Å². The standard InChI is InChI=1S/C12H16N2O7S/c1-20-6(3-15)5-2-14(12(22)13-10(5)19)11-9(18)8(17)7(4-16)21-11/h2-3,6-9,11,16-18H,4H2,1H3,(H,13,19,22)/t6?,7-,8?,9?,11-/m0/s1. The number of carbonyl (C=O) groups excluding carboxylic acids is 1. The van der Waals surface area contributed by atoms with Crippen LogP contribution in [-0.4, -0.2) is 63.2 Å². The van der Waals surface area contributed by atoms with Gasteiger partial charge in [-0.1, -0.05) is 0 Å². The first kappa shape index (κ1) is 16.9. The largest absolute Gasteiger partial charge is 0.394 e. The normalized spacial score (nSPS) is 29.5. The minimum Gasteiger partial charge on any atom is -0.394 e. The number of methoxy groups -OCH3 is 1. The Morgan fingerprint density at radius 1 is 1.55 bits per heavy atom. The van der Waals surface area contributed by atoms with Gasteiger partial charge in [-0.25, -0.2) is 0 Å². The first-order chi connectivity index (χ1) is 10.4. The summed E-state index contributed by atoms with van der Waals surface area (Å²) in [4.78, 5) is 25.2. The molecule has 1 fully saturated rings. The topological polar surface area (TPSA) is 134 Å². The molecule has 4 N–H and O–H groups in total. The molecule has 10 heteroatoms. The Kier molecular flexibility index (Phi) is 5.21. The lowest BCUT2D eigenvalue weighted by Crippen LogP contribution is -2.33. The van der Waals surface area contributed by atoms with E-state index < -0.39 is 42.8 Å². The highest BCUT2D eigenvalue weighted by Crippen LogP contribution is 2.29. The van der Waals surface area contributed by atoms with Crippen LogP contribution < -0.4 is 5.56 Å². The van der Waals surface area contributed by atoms with Crippen molar-refractivity contribution in [2.75, 3.05) is 13.7 Å². The van der Waals surface area contributed by atoms with Crippen LogP contribution in [0.2, 0.25) is 0 Å². The number of aromatic amines is 1. The quantitative estimate of drug-likeness (QED) is 0.374. The third kappa shape index (κ3) is 2.89. The molecule has 5 atom stereocenters. The van der Waals surface area contributed by atoms with Crippen LogP contribution in [-0.2, 0) is 14.3 Å². The van der Waals surface area contributed by atoms with Crippen molar-refractivity contribution in [3.05, 3.63) is 26.9 Å². The van der Waals surface area contributed by atoms with Gasteiger partial charge in [-0.05, 0) is 12.2 Å². The molecular weight excluding hydrogens is 316 g/mol. The van der Waals surface area contributed by atoms with E-state index >= 15 is 0 Å². The number of aldehydes is 1. The van der Waals surface area contributed by atoms with Crippen LogP contribution in [0.4, 0.5) is 0 Å². The van der Waals surface area contributed by atoms with E-state index in [0.29, 0.717) is 6.29 Å². The minimum atomic E-state index is -1.36. The molecule has 0 radical (unpaired) electrons. The van der Waals surface area contributed by atoms with Crippen molar-refractivity contribution in [1.82, 2.24) is 9.55 Å². The maximum atomic E-state index is 11.9. The van der Waals surface area contributed by atoms with Crippen LogP contribution in [0.3, 0.4) is 0 Å². The van der Waals surface area contributed by atoms with Crippen molar-refractivity contribution in [2.24, 2.45) is 0 Å². The molecule has 0 spiro atoms. The third-order valence-electron chi connectivity index (χ3n) is 3.47. The van der Waals surface area contributed by atoms with E-state index in [2.05, 4.69) is 4.98 Å². The van der Waals surface area contributed by atoms with Gasteiger partial charge in [0.25, 0.3) is 5.56 Å². The van der Waals surface area contributed by atoms with E-state index in [-0.39, 0.29) is 10.3 Å². The molecule has 2 rings (SSSR count). The molecule has 0 aromatic carbocycles. The van der Waals surface area contributed by atoms with E-state index in [1.54, 1.807) is 0 Å². The molecule has 2 heterocycles. The summed E-state index contributed by atoms with van der Waals surface area (Å²) in [5, 5.41) is 28.9. The summed E-state index contributed by atoms with van der Waals surface area (Å²) in [5.41, 5.74) is -0.629. The fraction of sp³-hybridized carbons (Fsp3) is 0.583. The summed E-state index contributed by atoms with van der Waals surface area (Å²) in [7, 11) is 1.26. The average molecular weight is 332 g/mol. The number of ether oxygens (including phenoxy) is 2. The van der Waals surface area contributed by atoms with Crippen LogP contribution >= 0.6 is 12.2 Å². The maximum Gasteiger partial charge on any atom is 0.257 e. The summed E-state index contributed by atoms with van der Waals surface area (Å²) in [6.07, 6.45) is -4.21. The third-order valence-corrected chi connectivity index (χ3v) is 3.78. The number of nitrogens with one attached hydrogen (secondary N) is 1. The molecule has 22 heavy (non-hydrogen) atoms. The van der Waals surface area contributed by atoms with Gasteiger partial charge in [-0.2, -0.15) is 0 Å². The van der Waals surface area contributed by atoms with Gasteiger partial charge in [-0.15, -0.1) is 0 Å². The Labute approximate surface area is 129 Å². The van der Waals surface area contributed by atoms with E-state index in [1.807, 2.05) is 0 Å². The van der Waals surface area contributed by atoms with Gasteiger partial charge < -0.3 is 29.6 Å². The number of rotatable bonds is 5. The fourth-order valence-electron chi connectivity index (χ4n) is 2.26. The van der Waals surface area contributed by atoms with Crippen molar-refractivity contribution in [1.29, 1.82) is 0 Å². The summed E-state index contributed by atoms with van der Waals surface area (Å²) < 4.78 is 11.4. The highest BCUT2D eigenvalue weighted by Gasteiger charge is 2.43. The summed E-state index contributed by atoms with van der Waals surface area (Å²) in [6, 6.07) is 0. The maximum absolute atomic E-state index is 11.9. The number of carbonyl (C=O) groups is 1. The number of aliphatic hydroxyl groups excluding tert-OH is 3. The van der Waals surface area contributed by atoms with Gasteiger partial charge in [-0.3, -0.25) is 14.3 Å². The predicted octanol–water partition coefficient (Wildman–Crippen LogP) is -1.60. The molecule has 1 aliphatic rings. The Balaban J connectivity index is 2.48. The highest BCUT2D eigenvalue weighted by molar-refractivity contribution is 7.71. The summed E-state index contributed by atoms with van der Waals surface area (Å²) >= 11 is 5.00. The fourth-order valence-corrected chi connectivity index (χ4v) is 2.51. The molecule has 0 bridgehead atoms. The smallest absolute Gasteiger partial charge is 0.257 e. The minimum absolute atomic E-state index is 0.0242. The molecule has 1 aliphatic heterocycles. The molecule has 3 unspecified atom stereocenters. The molecule has 0 amide bonds. The zero-order valence-electron chi connectivity index (χ0n) is 11.6. The number of H-pyrrole nitrogens is 1.